The third-order valence-corrected chi connectivity index (χ3v) is 5.44. The molecule has 1 aromatic heterocycles. The van der Waals surface area contributed by atoms with Crippen LogP contribution in [0.4, 0.5) is 0 Å². The van der Waals surface area contributed by atoms with Crippen LogP contribution in [0.5, 0.6) is 0 Å². The van der Waals surface area contributed by atoms with E-state index in [4.69, 9.17) is 0 Å². The Morgan fingerprint density at radius 1 is 1.33 bits per heavy atom. The minimum Gasteiger partial charge on any atom is -0.312 e. The molecule has 0 radical (unpaired) electrons. The number of rotatable bonds is 3. The Morgan fingerprint density at radius 2 is 2.08 bits per heavy atom. The molecule has 1 heterocycles. The Bertz CT molecular complexity index is 1010. The van der Waals surface area contributed by atoms with Crippen molar-refractivity contribution in [2.75, 3.05) is 0 Å². The van der Waals surface area contributed by atoms with Gasteiger partial charge in [0.25, 0.3) is 5.91 Å². The highest BCUT2D eigenvalue weighted by Gasteiger charge is 2.12. The van der Waals surface area contributed by atoms with Crippen molar-refractivity contribution in [1.29, 1.82) is 0 Å². The van der Waals surface area contributed by atoms with Crippen LogP contribution in [-0.4, -0.2) is 10.5 Å². The Hall–Kier alpha value is -1.98. The van der Waals surface area contributed by atoms with Crippen molar-refractivity contribution in [2.24, 2.45) is 4.99 Å². The smallest absolute Gasteiger partial charge is 0.280 e. The van der Waals surface area contributed by atoms with Gasteiger partial charge < -0.3 is 4.57 Å². The first-order valence-electron chi connectivity index (χ1n) is 7.56. The average molecular weight is 401 g/mol. The van der Waals surface area contributed by atoms with E-state index in [0.717, 1.165) is 14.7 Å². The van der Waals surface area contributed by atoms with Crippen molar-refractivity contribution in [3.05, 3.63) is 75.0 Å². The molecule has 3 aromatic rings. The Labute approximate surface area is 153 Å². The van der Waals surface area contributed by atoms with Crippen LogP contribution in [-0.2, 0) is 6.54 Å². The Kier molecular flexibility index (Phi) is 4.83. The van der Waals surface area contributed by atoms with Gasteiger partial charge in [-0.05, 0) is 59.1 Å². The molecule has 3 rings (SSSR count). The molecule has 0 aliphatic rings. The summed E-state index contributed by atoms with van der Waals surface area (Å²) < 4.78 is 3.94. The zero-order chi connectivity index (χ0) is 17.3. The van der Waals surface area contributed by atoms with Gasteiger partial charge in [0.05, 0.1) is 15.8 Å². The van der Waals surface area contributed by atoms with Crippen molar-refractivity contribution in [2.45, 2.75) is 20.4 Å². The minimum atomic E-state index is -0.249. The van der Waals surface area contributed by atoms with Crippen LogP contribution in [0.1, 0.15) is 21.5 Å². The molecule has 24 heavy (non-hydrogen) atoms. The lowest BCUT2D eigenvalue weighted by Gasteiger charge is -2.05. The van der Waals surface area contributed by atoms with Gasteiger partial charge in [-0.1, -0.05) is 35.6 Å². The number of nitrogens with zero attached hydrogens (tertiary/aromatic N) is 2. The quantitative estimate of drug-likeness (QED) is 0.568. The maximum Gasteiger partial charge on any atom is 0.280 e. The fourth-order valence-corrected chi connectivity index (χ4v) is 4.43. The summed E-state index contributed by atoms with van der Waals surface area (Å²) in [7, 11) is 0. The molecule has 0 fully saturated rings. The van der Waals surface area contributed by atoms with E-state index in [1.54, 1.807) is 6.07 Å². The van der Waals surface area contributed by atoms with Gasteiger partial charge in [-0.3, -0.25) is 4.79 Å². The molecule has 0 spiro atoms. The van der Waals surface area contributed by atoms with Crippen LogP contribution in [0, 0.1) is 13.8 Å². The SMILES string of the molecule is C=CCn1c(=NC(=O)c2ccccc2Br)sc2cc(C)cc(C)c21. The topological polar surface area (TPSA) is 34.4 Å². The molecule has 0 aliphatic carbocycles. The second-order valence-electron chi connectivity index (χ2n) is 5.61. The molecule has 3 nitrogen and oxygen atoms in total. The van der Waals surface area contributed by atoms with Crippen LogP contribution < -0.4 is 4.80 Å². The lowest BCUT2D eigenvalue weighted by molar-refractivity contribution is 0.0997. The van der Waals surface area contributed by atoms with E-state index in [-0.39, 0.29) is 5.91 Å². The summed E-state index contributed by atoms with van der Waals surface area (Å²) in [5, 5.41) is 0. The van der Waals surface area contributed by atoms with Crippen molar-refractivity contribution in [1.82, 2.24) is 4.57 Å². The summed E-state index contributed by atoms with van der Waals surface area (Å²) in [6.07, 6.45) is 1.83. The van der Waals surface area contributed by atoms with E-state index in [1.807, 2.05) is 24.3 Å². The number of carbonyl (C=O) groups is 1. The third-order valence-electron chi connectivity index (χ3n) is 3.73. The molecule has 1 amide bonds. The van der Waals surface area contributed by atoms with E-state index in [0.29, 0.717) is 16.9 Å². The highest BCUT2D eigenvalue weighted by molar-refractivity contribution is 9.10. The van der Waals surface area contributed by atoms with Gasteiger partial charge in [0.15, 0.2) is 4.80 Å². The summed E-state index contributed by atoms with van der Waals surface area (Å²) in [6.45, 7) is 8.61. The number of fused-ring (bicyclic) bond motifs is 1. The van der Waals surface area contributed by atoms with Crippen LogP contribution in [0.15, 0.2) is 58.5 Å². The minimum absolute atomic E-state index is 0.249. The lowest BCUT2D eigenvalue weighted by Crippen LogP contribution is -2.16. The van der Waals surface area contributed by atoms with Crippen molar-refractivity contribution in [3.63, 3.8) is 0 Å². The molecule has 0 saturated carbocycles. The van der Waals surface area contributed by atoms with Gasteiger partial charge in [-0.2, -0.15) is 4.99 Å². The van der Waals surface area contributed by atoms with Crippen molar-refractivity contribution < 1.29 is 4.79 Å². The number of allylic oxidation sites excluding steroid dienone is 1. The number of aromatic nitrogens is 1. The van der Waals surface area contributed by atoms with Gasteiger partial charge in [-0.25, -0.2) is 0 Å². The standard InChI is InChI=1S/C19H17BrN2OS/c1-4-9-22-17-13(3)10-12(2)11-16(17)24-19(22)21-18(23)14-7-5-6-8-15(14)20/h4-8,10-11H,1,9H2,2-3H3. The molecule has 0 aliphatic heterocycles. The highest BCUT2D eigenvalue weighted by Crippen LogP contribution is 2.23. The van der Waals surface area contributed by atoms with Gasteiger partial charge in [0, 0.05) is 11.0 Å². The number of hydrogen-bond acceptors (Lipinski definition) is 2. The van der Waals surface area contributed by atoms with Crippen LogP contribution >= 0.6 is 27.3 Å². The second-order valence-corrected chi connectivity index (χ2v) is 7.47. The van der Waals surface area contributed by atoms with Crippen LogP contribution in [0.3, 0.4) is 0 Å². The largest absolute Gasteiger partial charge is 0.312 e. The molecule has 0 atom stereocenters. The lowest BCUT2D eigenvalue weighted by atomic mass is 10.1. The number of halogens is 1. The number of carbonyl (C=O) groups excluding carboxylic acids is 1. The van der Waals surface area contributed by atoms with Crippen molar-refractivity contribution >= 4 is 43.4 Å². The molecule has 5 heteroatoms. The van der Waals surface area contributed by atoms with E-state index in [1.165, 1.54) is 22.5 Å². The third kappa shape index (κ3) is 3.14. The van der Waals surface area contributed by atoms with Crippen molar-refractivity contribution in [3.8, 4) is 0 Å². The van der Waals surface area contributed by atoms with Crippen LogP contribution in [0.2, 0.25) is 0 Å². The van der Waals surface area contributed by atoms with Gasteiger partial charge in [0.2, 0.25) is 0 Å². The zero-order valence-corrected chi connectivity index (χ0v) is 15.9. The molecular formula is C19H17BrN2OS. The molecule has 0 N–H and O–H groups in total. The maximum atomic E-state index is 12.6. The summed E-state index contributed by atoms with van der Waals surface area (Å²) in [5.41, 5.74) is 4.06. The first-order valence-corrected chi connectivity index (χ1v) is 9.17. The fraction of sp³-hybridized carbons (Fsp3) is 0.158. The summed E-state index contributed by atoms with van der Waals surface area (Å²) in [5.74, 6) is -0.249. The number of aryl methyl sites for hydroxylation is 2. The van der Waals surface area contributed by atoms with E-state index in [9.17, 15) is 4.79 Å². The predicted octanol–water partition coefficient (Wildman–Crippen LogP) is 5.01. The summed E-state index contributed by atoms with van der Waals surface area (Å²) in [6, 6.07) is 11.6. The highest BCUT2D eigenvalue weighted by atomic mass is 79.9. The molecule has 122 valence electrons. The fourth-order valence-electron chi connectivity index (χ4n) is 2.76. The van der Waals surface area contributed by atoms with E-state index in [2.05, 4.69) is 58.0 Å². The Morgan fingerprint density at radius 3 is 2.79 bits per heavy atom. The summed E-state index contributed by atoms with van der Waals surface area (Å²) in [4.78, 5) is 17.7. The van der Waals surface area contributed by atoms with E-state index >= 15 is 0 Å². The van der Waals surface area contributed by atoms with Gasteiger partial charge in [-0.15, -0.1) is 6.58 Å². The molecule has 0 unspecified atom stereocenters. The molecule has 0 bridgehead atoms. The zero-order valence-electron chi connectivity index (χ0n) is 13.5. The predicted molar refractivity (Wildman–Crippen MR) is 104 cm³/mol. The molecule has 2 aromatic carbocycles. The summed E-state index contributed by atoms with van der Waals surface area (Å²) >= 11 is 4.95. The second kappa shape index (κ2) is 6.87. The van der Waals surface area contributed by atoms with Gasteiger partial charge in [0.1, 0.15) is 0 Å². The van der Waals surface area contributed by atoms with Crippen LogP contribution in [0.25, 0.3) is 10.2 Å². The maximum absolute atomic E-state index is 12.6. The van der Waals surface area contributed by atoms with E-state index < -0.39 is 0 Å². The molecular weight excluding hydrogens is 384 g/mol. The number of hydrogen-bond donors (Lipinski definition) is 0. The number of thiazole rings is 1. The first kappa shape index (κ1) is 16.9. The average Bonchev–Trinajstić information content (AvgIpc) is 2.85. The number of amides is 1. The molecule has 0 saturated heterocycles. The normalized spacial score (nSPS) is 11.9. The monoisotopic (exact) mass is 400 g/mol. The Balaban J connectivity index is 2.23. The van der Waals surface area contributed by atoms with Gasteiger partial charge >= 0.3 is 0 Å². The number of benzene rings is 2. The first-order chi connectivity index (χ1) is 11.5.